The summed E-state index contributed by atoms with van der Waals surface area (Å²) in [5, 5.41) is 13.3. The normalized spacial score (nSPS) is 10.2. The number of anilines is 1. The molecule has 2 aromatic carbocycles. The Morgan fingerprint density at radius 2 is 1.75 bits per heavy atom. The molecule has 0 aromatic heterocycles. The van der Waals surface area contributed by atoms with Crippen molar-refractivity contribution < 1.29 is 14.6 Å². The molecule has 0 heterocycles. The highest BCUT2D eigenvalue weighted by atomic mass is 35.5. The molecular weight excluding hydrogens is 301 g/mol. The van der Waals surface area contributed by atoms with Gasteiger partial charge in [-0.1, -0.05) is 23.2 Å². The van der Waals surface area contributed by atoms with Gasteiger partial charge < -0.3 is 19.9 Å². The minimum absolute atomic E-state index is 0.0607. The number of phenols is 1. The molecule has 0 saturated carbocycles. The second-order valence-corrected chi connectivity index (χ2v) is 4.77. The quantitative estimate of drug-likeness (QED) is 0.643. The molecule has 0 aliphatic carbocycles. The first-order valence-electron chi connectivity index (χ1n) is 5.79. The minimum Gasteiger partial charge on any atom is -0.504 e. The zero-order valence-electron chi connectivity index (χ0n) is 10.7. The summed E-state index contributed by atoms with van der Waals surface area (Å²) in [4.78, 5) is 0. The van der Waals surface area contributed by atoms with E-state index in [1.807, 2.05) is 0 Å². The van der Waals surface area contributed by atoms with Crippen LogP contribution in [0.25, 0.3) is 0 Å². The molecule has 4 nitrogen and oxygen atoms in total. The number of ether oxygens (including phenoxy) is 2. The van der Waals surface area contributed by atoms with Gasteiger partial charge >= 0.3 is 0 Å². The van der Waals surface area contributed by atoms with E-state index in [1.54, 1.807) is 37.4 Å². The lowest BCUT2D eigenvalue weighted by atomic mass is 10.3. The molecule has 0 aliphatic heterocycles. The van der Waals surface area contributed by atoms with Crippen molar-refractivity contribution in [2.24, 2.45) is 0 Å². The fraction of sp³-hybridized carbons (Fsp3) is 0.143. The van der Waals surface area contributed by atoms with E-state index in [0.717, 1.165) is 5.75 Å². The number of hydrogen-bond acceptors (Lipinski definition) is 4. The first-order valence-corrected chi connectivity index (χ1v) is 6.54. The molecule has 0 radical (unpaired) electrons. The molecule has 0 bridgehead atoms. The second kappa shape index (κ2) is 6.59. The van der Waals surface area contributed by atoms with Crippen LogP contribution in [0.4, 0.5) is 5.69 Å². The molecule has 0 amide bonds. The molecule has 0 fully saturated rings. The van der Waals surface area contributed by atoms with E-state index in [4.69, 9.17) is 32.7 Å². The second-order valence-electron chi connectivity index (χ2n) is 3.92. The molecule has 2 N–H and O–H groups in total. The maximum Gasteiger partial charge on any atom is 0.159 e. The van der Waals surface area contributed by atoms with Crippen molar-refractivity contribution in [3.63, 3.8) is 0 Å². The summed E-state index contributed by atoms with van der Waals surface area (Å²) in [6.07, 6.45) is 0. The number of halogens is 2. The lowest BCUT2D eigenvalue weighted by Gasteiger charge is -2.11. The lowest BCUT2D eigenvalue weighted by molar-refractivity contribution is 0.344. The Kier molecular flexibility index (Phi) is 4.82. The van der Waals surface area contributed by atoms with Crippen molar-refractivity contribution in [2.75, 3.05) is 19.2 Å². The van der Waals surface area contributed by atoms with E-state index in [-0.39, 0.29) is 17.5 Å². The summed E-state index contributed by atoms with van der Waals surface area (Å²) < 4.78 is 10.5. The number of nitrogens with one attached hydrogen (secondary N) is 1. The molecule has 6 heteroatoms. The van der Waals surface area contributed by atoms with E-state index in [9.17, 15) is 5.11 Å². The van der Waals surface area contributed by atoms with Gasteiger partial charge in [0.25, 0.3) is 0 Å². The van der Waals surface area contributed by atoms with Gasteiger partial charge in [0.1, 0.15) is 11.5 Å². The van der Waals surface area contributed by atoms with Crippen LogP contribution in [-0.2, 0) is 0 Å². The van der Waals surface area contributed by atoms with Gasteiger partial charge in [-0.2, -0.15) is 0 Å². The standard InChI is InChI=1S/C14H13Cl2NO3/c1-19-10-2-4-11(5-3-10)20-8-17-13-7-9(15)6-12(16)14(13)18/h2-7,17-18H,8H2,1H3. The van der Waals surface area contributed by atoms with Crippen LogP contribution < -0.4 is 14.8 Å². The molecular formula is C14H13Cl2NO3. The van der Waals surface area contributed by atoms with Gasteiger partial charge in [0.05, 0.1) is 17.8 Å². The van der Waals surface area contributed by atoms with Crippen LogP contribution >= 0.6 is 23.2 Å². The van der Waals surface area contributed by atoms with Crippen molar-refractivity contribution in [3.05, 3.63) is 46.4 Å². The molecule has 0 saturated heterocycles. The van der Waals surface area contributed by atoms with Crippen molar-refractivity contribution >= 4 is 28.9 Å². The van der Waals surface area contributed by atoms with Crippen molar-refractivity contribution in [1.82, 2.24) is 0 Å². The minimum atomic E-state index is -0.0607. The van der Waals surface area contributed by atoms with Crippen LogP contribution in [0.2, 0.25) is 10.0 Å². The maximum absolute atomic E-state index is 9.76. The smallest absolute Gasteiger partial charge is 0.159 e. The number of hydrogen-bond donors (Lipinski definition) is 2. The summed E-state index contributed by atoms with van der Waals surface area (Å²) >= 11 is 11.7. The monoisotopic (exact) mass is 313 g/mol. The van der Waals surface area contributed by atoms with Crippen LogP contribution in [0, 0.1) is 0 Å². The lowest BCUT2D eigenvalue weighted by Crippen LogP contribution is -2.09. The van der Waals surface area contributed by atoms with Gasteiger partial charge in [0, 0.05) is 5.02 Å². The predicted octanol–water partition coefficient (Wildman–Crippen LogP) is 4.16. The zero-order valence-corrected chi connectivity index (χ0v) is 12.2. The van der Waals surface area contributed by atoms with Crippen LogP contribution in [-0.4, -0.2) is 18.9 Å². The molecule has 2 aromatic rings. The molecule has 0 spiro atoms. The molecule has 20 heavy (non-hydrogen) atoms. The SMILES string of the molecule is COc1ccc(OCNc2cc(Cl)cc(Cl)c2O)cc1. The van der Waals surface area contributed by atoms with Gasteiger partial charge in [-0.05, 0) is 36.4 Å². The number of methoxy groups -OCH3 is 1. The fourth-order valence-electron chi connectivity index (χ4n) is 1.57. The molecule has 106 valence electrons. The first-order chi connectivity index (χ1) is 9.60. The average Bonchev–Trinajstić information content (AvgIpc) is 2.44. The highest BCUT2D eigenvalue weighted by Crippen LogP contribution is 2.34. The van der Waals surface area contributed by atoms with E-state index >= 15 is 0 Å². The Morgan fingerprint density at radius 1 is 1.10 bits per heavy atom. The largest absolute Gasteiger partial charge is 0.504 e. The number of aromatic hydroxyl groups is 1. The van der Waals surface area contributed by atoms with Crippen molar-refractivity contribution in [2.45, 2.75) is 0 Å². The van der Waals surface area contributed by atoms with Crippen LogP contribution in [0.1, 0.15) is 0 Å². The van der Waals surface area contributed by atoms with E-state index in [1.165, 1.54) is 6.07 Å². The summed E-state index contributed by atoms with van der Waals surface area (Å²) in [5.74, 6) is 1.37. The highest BCUT2D eigenvalue weighted by molar-refractivity contribution is 6.36. The van der Waals surface area contributed by atoms with Gasteiger partial charge in [0.2, 0.25) is 0 Å². The van der Waals surface area contributed by atoms with Gasteiger partial charge in [-0.25, -0.2) is 0 Å². The van der Waals surface area contributed by atoms with Crippen molar-refractivity contribution in [3.8, 4) is 17.2 Å². The van der Waals surface area contributed by atoms with E-state index < -0.39 is 0 Å². The molecule has 2 rings (SSSR count). The predicted molar refractivity (Wildman–Crippen MR) is 80.2 cm³/mol. The number of benzene rings is 2. The maximum atomic E-state index is 9.76. The van der Waals surface area contributed by atoms with E-state index in [2.05, 4.69) is 5.32 Å². The summed E-state index contributed by atoms with van der Waals surface area (Å²) in [5.41, 5.74) is 0.413. The Hall–Kier alpha value is -1.78. The Morgan fingerprint density at radius 3 is 2.40 bits per heavy atom. The van der Waals surface area contributed by atoms with Gasteiger partial charge in [-0.3, -0.25) is 0 Å². The fourth-order valence-corrected chi connectivity index (χ4v) is 2.06. The molecule has 0 aliphatic rings. The molecule has 0 atom stereocenters. The third-order valence-corrected chi connectivity index (χ3v) is 3.10. The highest BCUT2D eigenvalue weighted by Gasteiger charge is 2.07. The third kappa shape index (κ3) is 3.62. The Bertz CT molecular complexity index is 588. The third-order valence-electron chi connectivity index (χ3n) is 2.59. The summed E-state index contributed by atoms with van der Waals surface area (Å²) in [6.45, 7) is 0.163. The van der Waals surface area contributed by atoms with Crippen LogP contribution in [0.15, 0.2) is 36.4 Å². The molecule has 0 unspecified atom stereocenters. The van der Waals surface area contributed by atoms with Gasteiger partial charge in [0.15, 0.2) is 12.5 Å². The van der Waals surface area contributed by atoms with Crippen LogP contribution in [0.5, 0.6) is 17.2 Å². The summed E-state index contributed by atoms with van der Waals surface area (Å²) in [7, 11) is 1.60. The topological polar surface area (TPSA) is 50.7 Å². The zero-order chi connectivity index (χ0) is 14.5. The Balaban J connectivity index is 1.95. The first kappa shape index (κ1) is 14.6. The van der Waals surface area contributed by atoms with Crippen molar-refractivity contribution in [1.29, 1.82) is 0 Å². The van der Waals surface area contributed by atoms with E-state index in [0.29, 0.717) is 16.5 Å². The number of rotatable bonds is 5. The van der Waals surface area contributed by atoms with Gasteiger partial charge in [-0.15, -0.1) is 0 Å². The number of phenolic OH excluding ortho intramolecular Hbond substituents is 1. The summed E-state index contributed by atoms with van der Waals surface area (Å²) in [6, 6.07) is 10.2. The van der Waals surface area contributed by atoms with Crippen LogP contribution in [0.3, 0.4) is 0 Å². The average molecular weight is 314 g/mol. The Labute approximate surface area is 126 Å².